The van der Waals surface area contributed by atoms with Crippen LogP contribution in [0, 0.1) is 17.0 Å². The number of fused-ring (bicyclic) bond motifs is 1. The maximum atomic E-state index is 12.6. The first-order chi connectivity index (χ1) is 13.0. The highest BCUT2D eigenvalue weighted by Gasteiger charge is 2.29. The smallest absolute Gasteiger partial charge is 0.349 e. The van der Waals surface area contributed by atoms with Crippen LogP contribution in [0.15, 0.2) is 34.6 Å². The number of hydrogen-bond donors (Lipinski definition) is 0. The fraction of sp³-hybridized carbons (Fsp3) is 0.353. The lowest BCUT2D eigenvalue weighted by atomic mass is 10.3. The largest absolute Gasteiger partial charge is 0.376 e. The molecule has 3 aromatic rings. The minimum Gasteiger partial charge on any atom is -0.349 e. The molecule has 0 saturated carbocycles. The molecule has 0 atom stereocenters. The zero-order valence-electron chi connectivity index (χ0n) is 14.7. The van der Waals surface area contributed by atoms with Crippen LogP contribution in [0.1, 0.15) is 12.1 Å². The lowest BCUT2D eigenvalue weighted by Crippen LogP contribution is -2.33. The van der Waals surface area contributed by atoms with E-state index in [2.05, 4.69) is 14.9 Å². The third-order valence-corrected chi connectivity index (χ3v) is 5.57. The Morgan fingerprint density at radius 1 is 1.15 bits per heavy atom. The van der Waals surface area contributed by atoms with Gasteiger partial charge in [-0.15, -0.1) is 11.3 Å². The number of aryl methyl sites for hydroxylation is 1. The SMILES string of the molecule is Cc1csc(N2CCCN(c3nc4ccccn4c(=O)c3[N+](=O)[O-])CC2)n1. The van der Waals surface area contributed by atoms with Crippen LogP contribution < -0.4 is 15.4 Å². The number of thiazole rings is 1. The molecule has 0 aromatic carbocycles. The van der Waals surface area contributed by atoms with E-state index in [9.17, 15) is 14.9 Å². The summed E-state index contributed by atoms with van der Waals surface area (Å²) in [7, 11) is 0. The fourth-order valence-corrected chi connectivity index (χ4v) is 4.11. The molecule has 0 bridgehead atoms. The summed E-state index contributed by atoms with van der Waals surface area (Å²) in [5, 5.41) is 14.6. The first-order valence-electron chi connectivity index (χ1n) is 8.62. The summed E-state index contributed by atoms with van der Waals surface area (Å²) in [6.45, 7) is 4.57. The normalized spacial score (nSPS) is 15.1. The van der Waals surface area contributed by atoms with Crippen molar-refractivity contribution in [3.05, 3.63) is 55.9 Å². The van der Waals surface area contributed by atoms with Gasteiger partial charge in [-0.1, -0.05) is 6.07 Å². The number of aromatic nitrogens is 3. The number of rotatable bonds is 3. The molecule has 4 rings (SSSR count). The summed E-state index contributed by atoms with van der Waals surface area (Å²) in [5.74, 6) is 0.147. The highest BCUT2D eigenvalue weighted by atomic mass is 32.1. The predicted molar refractivity (Wildman–Crippen MR) is 104 cm³/mol. The maximum absolute atomic E-state index is 12.6. The molecule has 0 radical (unpaired) electrons. The summed E-state index contributed by atoms with van der Waals surface area (Å²) in [5.41, 5.74) is 0.255. The van der Waals surface area contributed by atoms with E-state index in [4.69, 9.17) is 0 Å². The van der Waals surface area contributed by atoms with Crippen LogP contribution in [0.25, 0.3) is 5.65 Å². The van der Waals surface area contributed by atoms with Gasteiger partial charge in [0.2, 0.25) is 5.82 Å². The van der Waals surface area contributed by atoms with E-state index in [1.54, 1.807) is 29.5 Å². The van der Waals surface area contributed by atoms with Gasteiger partial charge in [0.05, 0.1) is 10.6 Å². The average Bonchev–Trinajstić information content (AvgIpc) is 2.94. The molecule has 0 N–H and O–H groups in total. The van der Waals surface area contributed by atoms with Crippen molar-refractivity contribution >= 4 is 33.6 Å². The molecule has 140 valence electrons. The third-order valence-electron chi connectivity index (χ3n) is 4.55. The quantitative estimate of drug-likeness (QED) is 0.502. The molecule has 4 heterocycles. The van der Waals surface area contributed by atoms with Gasteiger partial charge < -0.3 is 9.80 Å². The molecule has 10 heteroatoms. The van der Waals surface area contributed by atoms with Crippen molar-refractivity contribution in [2.45, 2.75) is 13.3 Å². The predicted octanol–water partition coefficient (Wildman–Crippen LogP) is 2.08. The van der Waals surface area contributed by atoms with E-state index in [0.29, 0.717) is 25.3 Å². The second-order valence-corrected chi connectivity index (χ2v) is 7.21. The second kappa shape index (κ2) is 6.95. The van der Waals surface area contributed by atoms with Crippen LogP contribution in [0.4, 0.5) is 16.6 Å². The lowest BCUT2D eigenvalue weighted by Gasteiger charge is -2.22. The molecular weight excluding hydrogens is 368 g/mol. The van der Waals surface area contributed by atoms with Crippen molar-refractivity contribution in [3.8, 4) is 0 Å². The van der Waals surface area contributed by atoms with Crippen molar-refractivity contribution in [1.82, 2.24) is 14.4 Å². The summed E-state index contributed by atoms with van der Waals surface area (Å²) in [6.07, 6.45) is 2.29. The number of nitro groups is 1. The minimum atomic E-state index is -0.655. The van der Waals surface area contributed by atoms with Gasteiger partial charge >= 0.3 is 11.2 Å². The molecular formula is C17H18N6O3S. The fourth-order valence-electron chi connectivity index (χ4n) is 3.26. The molecule has 9 nitrogen and oxygen atoms in total. The Morgan fingerprint density at radius 2 is 1.93 bits per heavy atom. The van der Waals surface area contributed by atoms with Crippen LogP contribution >= 0.6 is 11.3 Å². The average molecular weight is 386 g/mol. The molecule has 27 heavy (non-hydrogen) atoms. The van der Waals surface area contributed by atoms with E-state index in [-0.39, 0.29) is 5.82 Å². The Hall–Kier alpha value is -3.01. The van der Waals surface area contributed by atoms with Crippen LogP contribution in [0.3, 0.4) is 0 Å². The topological polar surface area (TPSA) is 96.9 Å². The summed E-state index contributed by atoms with van der Waals surface area (Å²) in [6, 6.07) is 5.09. The van der Waals surface area contributed by atoms with E-state index < -0.39 is 16.2 Å². The highest BCUT2D eigenvalue weighted by Crippen LogP contribution is 2.26. The number of pyridine rings is 1. The third kappa shape index (κ3) is 3.23. The molecule has 0 spiro atoms. The summed E-state index contributed by atoms with van der Waals surface area (Å²) >= 11 is 1.59. The molecule has 3 aromatic heterocycles. The summed E-state index contributed by atoms with van der Waals surface area (Å²) < 4.78 is 1.21. The van der Waals surface area contributed by atoms with Gasteiger partial charge in [0.1, 0.15) is 5.65 Å². The standard InChI is InChI=1S/C17H18N6O3S/c1-12-11-27-17(18-12)21-7-4-6-20(9-10-21)15-14(23(25)26)16(24)22-8-3-2-5-13(22)19-15/h2-3,5,8,11H,4,6-7,9-10H2,1H3. The van der Waals surface area contributed by atoms with Crippen LogP contribution in [0.2, 0.25) is 0 Å². The monoisotopic (exact) mass is 386 g/mol. The molecule has 1 fully saturated rings. The zero-order chi connectivity index (χ0) is 19.0. The number of nitrogens with zero attached hydrogens (tertiary/aromatic N) is 6. The molecule has 0 unspecified atom stereocenters. The van der Waals surface area contributed by atoms with Crippen molar-refractivity contribution in [1.29, 1.82) is 0 Å². The Kier molecular flexibility index (Phi) is 4.48. The Morgan fingerprint density at radius 3 is 2.67 bits per heavy atom. The van der Waals surface area contributed by atoms with Gasteiger partial charge in [-0.25, -0.2) is 9.97 Å². The van der Waals surface area contributed by atoms with E-state index >= 15 is 0 Å². The van der Waals surface area contributed by atoms with Crippen molar-refractivity contribution in [2.24, 2.45) is 0 Å². The molecule has 1 aliphatic heterocycles. The second-order valence-electron chi connectivity index (χ2n) is 6.37. The first kappa shape index (κ1) is 17.4. The van der Waals surface area contributed by atoms with Crippen molar-refractivity contribution in [2.75, 3.05) is 36.0 Å². The first-order valence-corrected chi connectivity index (χ1v) is 9.50. The van der Waals surface area contributed by atoms with Crippen LogP contribution in [-0.2, 0) is 0 Å². The van der Waals surface area contributed by atoms with Gasteiger partial charge in [0.25, 0.3) is 0 Å². The van der Waals surface area contributed by atoms with E-state index in [0.717, 1.165) is 23.8 Å². The molecule has 0 amide bonds. The number of anilines is 2. The molecule has 1 saturated heterocycles. The van der Waals surface area contributed by atoms with Gasteiger partial charge in [-0.2, -0.15) is 0 Å². The minimum absolute atomic E-state index is 0.147. The van der Waals surface area contributed by atoms with E-state index in [1.165, 1.54) is 10.6 Å². The van der Waals surface area contributed by atoms with Crippen LogP contribution in [-0.4, -0.2) is 45.5 Å². The Labute approximate surface area is 158 Å². The van der Waals surface area contributed by atoms with Crippen molar-refractivity contribution < 1.29 is 4.92 Å². The zero-order valence-corrected chi connectivity index (χ0v) is 15.6. The number of hydrogen-bond acceptors (Lipinski definition) is 8. The Bertz CT molecular complexity index is 1060. The van der Waals surface area contributed by atoms with Gasteiger partial charge in [-0.3, -0.25) is 19.3 Å². The Balaban J connectivity index is 1.70. The van der Waals surface area contributed by atoms with Gasteiger partial charge in [0, 0.05) is 37.8 Å². The van der Waals surface area contributed by atoms with Crippen LogP contribution in [0.5, 0.6) is 0 Å². The summed E-state index contributed by atoms with van der Waals surface area (Å²) in [4.78, 5) is 36.6. The highest BCUT2D eigenvalue weighted by molar-refractivity contribution is 7.13. The maximum Gasteiger partial charge on any atom is 0.376 e. The van der Waals surface area contributed by atoms with E-state index in [1.807, 2.05) is 17.2 Å². The van der Waals surface area contributed by atoms with Gasteiger partial charge in [0.15, 0.2) is 5.13 Å². The lowest BCUT2D eigenvalue weighted by molar-refractivity contribution is -0.385. The molecule has 0 aliphatic carbocycles. The van der Waals surface area contributed by atoms with Crippen molar-refractivity contribution in [3.63, 3.8) is 0 Å². The molecule has 1 aliphatic rings. The van der Waals surface area contributed by atoms with Gasteiger partial charge in [-0.05, 0) is 25.5 Å².